The predicted molar refractivity (Wildman–Crippen MR) is 81.0 cm³/mol. The van der Waals surface area contributed by atoms with Crippen LogP contribution in [0.25, 0.3) is 0 Å². The second-order valence-electron chi connectivity index (χ2n) is 5.84. The minimum atomic E-state index is 0.283. The number of rotatable bonds is 1. The molecule has 1 unspecified atom stereocenters. The van der Waals surface area contributed by atoms with Crippen molar-refractivity contribution in [3.05, 3.63) is 52.5 Å². The van der Waals surface area contributed by atoms with Crippen LogP contribution in [0.3, 0.4) is 0 Å². The number of nitrogens with zero attached hydrogens (tertiary/aromatic N) is 2. The summed E-state index contributed by atoms with van der Waals surface area (Å²) < 4.78 is 5.46. The monoisotopic (exact) mass is 281 g/mol. The van der Waals surface area contributed by atoms with Gasteiger partial charge in [0.25, 0.3) is 0 Å². The standard InChI is InChI=1S/C17H19N3O/c18-16-14-10-21-9-8-15(14)19-17(20-16)13-7-3-5-11-4-1-2-6-12(11)13/h1-2,4,6,13H,3,5,7-10H2,(H2,18,19,20). The van der Waals surface area contributed by atoms with Gasteiger partial charge in [-0.3, -0.25) is 0 Å². The molecule has 1 aliphatic heterocycles. The van der Waals surface area contributed by atoms with E-state index in [1.807, 2.05) is 0 Å². The van der Waals surface area contributed by atoms with Crippen LogP contribution in [0, 0.1) is 0 Å². The average molecular weight is 281 g/mol. The van der Waals surface area contributed by atoms with Gasteiger partial charge in [0, 0.05) is 17.9 Å². The predicted octanol–water partition coefficient (Wildman–Crippen LogP) is 2.60. The quantitative estimate of drug-likeness (QED) is 0.872. The van der Waals surface area contributed by atoms with E-state index in [9.17, 15) is 0 Å². The summed E-state index contributed by atoms with van der Waals surface area (Å²) in [5.74, 6) is 1.77. The van der Waals surface area contributed by atoms with E-state index >= 15 is 0 Å². The number of hydrogen-bond donors (Lipinski definition) is 1. The molecule has 0 bridgehead atoms. The fraction of sp³-hybridized carbons (Fsp3) is 0.412. The van der Waals surface area contributed by atoms with E-state index in [4.69, 9.17) is 15.5 Å². The molecule has 4 heteroatoms. The van der Waals surface area contributed by atoms with Crippen LogP contribution >= 0.6 is 0 Å². The Kier molecular flexibility index (Phi) is 3.11. The Bertz CT molecular complexity index is 684. The van der Waals surface area contributed by atoms with Crippen molar-refractivity contribution >= 4 is 5.82 Å². The smallest absolute Gasteiger partial charge is 0.138 e. The second-order valence-corrected chi connectivity index (χ2v) is 5.84. The van der Waals surface area contributed by atoms with Gasteiger partial charge in [0.15, 0.2) is 0 Å². The van der Waals surface area contributed by atoms with Gasteiger partial charge in [-0.25, -0.2) is 9.97 Å². The summed E-state index contributed by atoms with van der Waals surface area (Å²) in [6.45, 7) is 1.27. The molecule has 2 heterocycles. The molecule has 2 aliphatic rings. The zero-order valence-corrected chi connectivity index (χ0v) is 12.0. The van der Waals surface area contributed by atoms with Crippen LogP contribution in [0.1, 0.15) is 47.0 Å². The van der Waals surface area contributed by atoms with E-state index in [1.54, 1.807) is 0 Å². The van der Waals surface area contributed by atoms with E-state index in [1.165, 1.54) is 17.5 Å². The van der Waals surface area contributed by atoms with Crippen LogP contribution in [0.4, 0.5) is 5.82 Å². The number of ether oxygens (including phenoxy) is 1. The van der Waals surface area contributed by atoms with Crippen molar-refractivity contribution in [2.24, 2.45) is 0 Å². The van der Waals surface area contributed by atoms with Gasteiger partial charge in [-0.1, -0.05) is 24.3 Å². The first-order valence-electron chi connectivity index (χ1n) is 7.63. The fourth-order valence-corrected chi connectivity index (χ4v) is 3.45. The van der Waals surface area contributed by atoms with Crippen LogP contribution < -0.4 is 5.73 Å². The van der Waals surface area contributed by atoms with Gasteiger partial charge in [-0.05, 0) is 30.4 Å². The number of fused-ring (bicyclic) bond motifs is 2. The molecule has 108 valence electrons. The molecule has 1 aromatic carbocycles. The molecule has 0 radical (unpaired) electrons. The molecule has 1 aromatic heterocycles. The number of aromatic nitrogens is 2. The third-order valence-corrected chi connectivity index (χ3v) is 4.55. The summed E-state index contributed by atoms with van der Waals surface area (Å²) in [6.07, 6.45) is 4.28. The first-order chi connectivity index (χ1) is 10.3. The Hall–Kier alpha value is -1.94. The molecular weight excluding hydrogens is 262 g/mol. The van der Waals surface area contributed by atoms with Crippen LogP contribution in [0.2, 0.25) is 0 Å². The Morgan fingerprint density at radius 3 is 3.00 bits per heavy atom. The zero-order chi connectivity index (χ0) is 14.2. The minimum absolute atomic E-state index is 0.283. The summed E-state index contributed by atoms with van der Waals surface area (Å²) in [5, 5.41) is 0. The van der Waals surface area contributed by atoms with Crippen molar-refractivity contribution < 1.29 is 4.74 Å². The van der Waals surface area contributed by atoms with Crippen molar-refractivity contribution in [2.75, 3.05) is 12.3 Å². The van der Waals surface area contributed by atoms with Gasteiger partial charge in [0.05, 0.1) is 18.9 Å². The molecule has 0 fully saturated rings. The van der Waals surface area contributed by atoms with E-state index < -0.39 is 0 Å². The minimum Gasteiger partial charge on any atom is -0.383 e. The topological polar surface area (TPSA) is 61.0 Å². The average Bonchev–Trinajstić information content (AvgIpc) is 2.54. The highest BCUT2D eigenvalue weighted by atomic mass is 16.5. The van der Waals surface area contributed by atoms with E-state index in [-0.39, 0.29) is 5.92 Å². The lowest BCUT2D eigenvalue weighted by atomic mass is 9.82. The molecule has 0 amide bonds. The molecule has 21 heavy (non-hydrogen) atoms. The van der Waals surface area contributed by atoms with Gasteiger partial charge >= 0.3 is 0 Å². The summed E-state index contributed by atoms with van der Waals surface area (Å²) in [6, 6.07) is 8.64. The van der Waals surface area contributed by atoms with Crippen LogP contribution in [-0.2, 0) is 24.2 Å². The van der Waals surface area contributed by atoms with Gasteiger partial charge in [-0.2, -0.15) is 0 Å². The molecule has 0 saturated carbocycles. The number of benzene rings is 1. The fourth-order valence-electron chi connectivity index (χ4n) is 3.45. The Balaban J connectivity index is 1.79. The first-order valence-corrected chi connectivity index (χ1v) is 7.63. The first kappa shape index (κ1) is 12.8. The zero-order valence-electron chi connectivity index (χ0n) is 12.0. The van der Waals surface area contributed by atoms with Crippen molar-refractivity contribution in [1.82, 2.24) is 9.97 Å². The highest BCUT2D eigenvalue weighted by Gasteiger charge is 2.26. The summed E-state index contributed by atoms with van der Waals surface area (Å²) in [5.41, 5.74) is 11.0. The Morgan fingerprint density at radius 2 is 2.05 bits per heavy atom. The highest BCUT2D eigenvalue weighted by molar-refractivity contribution is 5.45. The molecule has 1 atom stereocenters. The molecule has 0 saturated heterocycles. The third kappa shape index (κ3) is 2.20. The SMILES string of the molecule is Nc1nc(C2CCCc3ccccc32)nc2c1COCC2. The molecule has 4 nitrogen and oxygen atoms in total. The molecule has 0 spiro atoms. The van der Waals surface area contributed by atoms with E-state index in [0.717, 1.165) is 43.0 Å². The van der Waals surface area contributed by atoms with Crippen LogP contribution in [0.5, 0.6) is 0 Å². The normalized spacial score (nSPS) is 20.7. The Labute approximate surface area is 124 Å². The van der Waals surface area contributed by atoms with Crippen molar-refractivity contribution in [2.45, 2.75) is 38.2 Å². The van der Waals surface area contributed by atoms with Crippen molar-refractivity contribution in [3.63, 3.8) is 0 Å². The molecule has 1 aliphatic carbocycles. The number of nitrogens with two attached hydrogens (primary N) is 1. The van der Waals surface area contributed by atoms with Gasteiger partial charge < -0.3 is 10.5 Å². The summed E-state index contributed by atoms with van der Waals surface area (Å²) in [7, 11) is 0. The largest absolute Gasteiger partial charge is 0.383 e. The number of anilines is 1. The second kappa shape index (κ2) is 5.11. The Morgan fingerprint density at radius 1 is 1.14 bits per heavy atom. The number of aryl methyl sites for hydroxylation is 1. The maximum atomic E-state index is 6.14. The molecule has 2 N–H and O–H groups in total. The van der Waals surface area contributed by atoms with E-state index in [2.05, 4.69) is 29.2 Å². The maximum absolute atomic E-state index is 6.14. The summed E-state index contributed by atoms with van der Waals surface area (Å²) in [4.78, 5) is 9.42. The molecular formula is C17H19N3O. The lowest BCUT2D eigenvalue weighted by molar-refractivity contribution is 0.109. The van der Waals surface area contributed by atoms with Crippen LogP contribution in [-0.4, -0.2) is 16.6 Å². The van der Waals surface area contributed by atoms with Gasteiger partial charge in [-0.15, -0.1) is 0 Å². The lowest BCUT2D eigenvalue weighted by Crippen LogP contribution is -2.20. The van der Waals surface area contributed by atoms with Crippen molar-refractivity contribution in [1.29, 1.82) is 0 Å². The summed E-state index contributed by atoms with van der Waals surface area (Å²) >= 11 is 0. The van der Waals surface area contributed by atoms with Gasteiger partial charge in [0.1, 0.15) is 11.6 Å². The third-order valence-electron chi connectivity index (χ3n) is 4.55. The number of hydrogen-bond acceptors (Lipinski definition) is 4. The lowest BCUT2D eigenvalue weighted by Gasteiger charge is -2.26. The maximum Gasteiger partial charge on any atom is 0.138 e. The number of nitrogen functional groups attached to an aromatic ring is 1. The van der Waals surface area contributed by atoms with E-state index in [0.29, 0.717) is 12.4 Å². The van der Waals surface area contributed by atoms with Gasteiger partial charge in [0.2, 0.25) is 0 Å². The highest BCUT2D eigenvalue weighted by Crippen LogP contribution is 2.36. The van der Waals surface area contributed by atoms with Crippen molar-refractivity contribution in [3.8, 4) is 0 Å². The molecule has 4 rings (SSSR count). The van der Waals surface area contributed by atoms with Crippen LogP contribution in [0.15, 0.2) is 24.3 Å². The molecule has 2 aromatic rings.